The van der Waals surface area contributed by atoms with Gasteiger partial charge in [-0.2, -0.15) is 0 Å². The van der Waals surface area contributed by atoms with Crippen molar-refractivity contribution in [3.8, 4) is 0 Å². The number of benzene rings is 1. The molecule has 156 valence electrons. The maximum atomic E-state index is 12.3. The predicted molar refractivity (Wildman–Crippen MR) is 109 cm³/mol. The van der Waals surface area contributed by atoms with Crippen LogP contribution in [0.1, 0.15) is 11.8 Å². The van der Waals surface area contributed by atoms with Crippen LogP contribution in [0.2, 0.25) is 0 Å². The van der Waals surface area contributed by atoms with Crippen LogP contribution in [0.5, 0.6) is 0 Å². The second kappa shape index (κ2) is 7.27. The van der Waals surface area contributed by atoms with Gasteiger partial charge in [-0.15, -0.1) is 0 Å². The van der Waals surface area contributed by atoms with Gasteiger partial charge in [0, 0.05) is 18.1 Å². The predicted octanol–water partition coefficient (Wildman–Crippen LogP) is 0.974. The summed E-state index contributed by atoms with van der Waals surface area (Å²) in [6.45, 7) is 0.554. The molecule has 3 N–H and O–H groups in total. The lowest BCUT2D eigenvalue weighted by Crippen LogP contribution is -2.53. The summed E-state index contributed by atoms with van der Waals surface area (Å²) in [5.74, 6) is 0.153. The van der Waals surface area contributed by atoms with Gasteiger partial charge >= 0.3 is 0 Å². The van der Waals surface area contributed by atoms with Crippen molar-refractivity contribution in [2.24, 2.45) is 0 Å². The quantitative estimate of drug-likeness (QED) is 0.499. The summed E-state index contributed by atoms with van der Waals surface area (Å²) in [5, 5.41) is 16.4. The molecule has 1 aromatic carbocycles. The number of carbonyl (C=O) groups excluding carboxylic acids is 1. The summed E-state index contributed by atoms with van der Waals surface area (Å²) >= 11 is 3.47. The van der Waals surface area contributed by atoms with Gasteiger partial charge in [0.25, 0.3) is 5.91 Å². The van der Waals surface area contributed by atoms with Crippen molar-refractivity contribution in [2.45, 2.75) is 30.6 Å². The fraction of sp³-hybridized carbons (Fsp3) is 0.368. The Morgan fingerprint density at radius 2 is 2.27 bits per heavy atom. The van der Waals surface area contributed by atoms with E-state index in [1.54, 1.807) is 10.9 Å². The molecule has 1 unspecified atom stereocenters. The van der Waals surface area contributed by atoms with Crippen LogP contribution in [0.3, 0.4) is 0 Å². The van der Waals surface area contributed by atoms with Crippen LogP contribution in [0.4, 0.5) is 5.82 Å². The molecule has 5 rings (SSSR count). The zero-order valence-electron chi connectivity index (χ0n) is 15.9. The van der Waals surface area contributed by atoms with Crippen molar-refractivity contribution in [2.75, 3.05) is 19.0 Å². The van der Waals surface area contributed by atoms with Crippen LogP contribution in [0.15, 0.2) is 41.4 Å². The summed E-state index contributed by atoms with van der Waals surface area (Å²) in [6.07, 6.45) is 0.471. The van der Waals surface area contributed by atoms with Crippen molar-refractivity contribution in [3.05, 3.63) is 47.0 Å². The number of hydrogen-bond acceptors (Lipinski definition) is 8. The highest BCUT2D eigenvalue weighted by Crippen LogP contribution is 2.45. The van der Waals surface area contributed by atoms with Crippen molar-refractivity contribution in [3.63, 3.8) is 0 Å². The standard InChI is InChI=1S/C19H19BrN6O4/c1-21-18(28)19-7-29-13(14(19)27)17(30-19)26-9-25-12-15(23-8-24-16(12)26)22-6-10-3-2-4-11(20)5-10/h2-5,8-9,13-14,17,27H,6-7H2,1H3,(H,21,28)(H,22,23,24)/t13-,14?,17+,19-/m0/s1. The number of aliphatic hydroxyl groups is 1. The first kappa shape index (κ1) is 19.4. The summed E-state index contributed by atoms with van der Waals surface area (Å²) < 4.78 is 14.3. The number of halogens is 1. The van der Waals surface area contributed by atoms with Gasteiger partial charge in [-0.3, -0.25) is 9.36 Å². The van der Waals surface area contributed by atoms with Gasteiger partial charge in [0.1, 0.15) is 18.5 Å². The molecule has 0 saturated carbocycles. The minimum atomic E-state index is -1.44. The van der Waals surface area contributed by atoms with E-state index in [0.29, 0.717) is 23.5 Å². The molecule has 2 aromatic heterocycles. The van der Waals surface area contributed by atoms with Gasteiger partial charge in [0.2, 0.25) is 5.60 Å². The molecular formula is C19H19BrN6O4. The second-order valence-electron chi connectivity index (χ2n) is 7.23. The van der Waals surface area contributed by atoms with Gasteiger partial charge in [0.15, 0.2) is 23.2 Å². The number of amides is 1. The van der Waals surface area contributed by atoms with Crippen molar-refractivity contribution >= 4 is 38.8 Å². The molecule has 4 heterocycles. The lowest BCUT2D eigenvalue weighted by molar-refractivity contribution is -0.184. The van der Waals surface area contributed by atoms with E-state index in [2.05, 4.69) is 41.5 Å². The topological polar surface area (TPSA) is 123 Å². The Morgan fingerprint density at radius 3 is 3.07 bits per heavy atom. The third-order valence-corrected chi connectivity index (χ3v) is 5.98. The van der Waals surface area contributed by atoms with E-state index in [1.165, 1.54) is 13.4 Å². The molecule has 2 fully saturated rings. The number of anilines is 1. The van der Waals surface area contributed by atoms with Gasteiger partial charge < -0.3 is 25.2 Å². The number of carbonyl (C=O) groups is 1. The number of nitrogens with zero attached hydrogens (tertiary/aromatic N) is 4. The Morgan fingerprint density at radius 1 is 1.40 bits per heavy atom. The van der Waals surface area contributed by atoms with E-state index in [9.17, 15) is 9.90 Å². The maximum Gasteiger partial charge on any atom is 0.257 e. The third kappa shape index (κ3) is 2.88. The molecule has 2 aliphatic heterocycles. The van der Waals surface area contributed by atoms with Crippen LogP contribution in [0.25, 0.3) is 11.2 Å². The summed E-state index contributed by atoms with van der Waals surface area (Å²) in [4.78, 5) is 25.4. The van der Waals surface area contributed by atoms with Gasteiger partial charge in [-0.1, -0.05) is 28.1 Å². The molecule has 4 atom stereocenters. The highest BCUT2D eigenvalue weighted by molar-refractivity contribution is 9.10. The van der Waals surface area contributed by atoms with Crippen LogP contribution >= 0.6 is 15.9 Å². The summed E-state index contributed by atoms with van der Waals surface area (Å²) in [6, 6.07) is 7.95. The molecule has 10 nitrogen and oxygen atoms in total. The van der Waals surface area contributed by atoms with E-state index >= 15 is 0 Å². The highest BCUT2D eigenvalue weighted by Gasteiger charge is 2.65. The van der Waals surface area contributed by atoms with Crippen molar-refractivity contribution in [1.82, 2.24) is 24.8 Å². The number of nitrogens with one attached hydrogen (secondary N) is 2. The first-order chi connectivity index (χ1) is 14.5. The number of aliphatic hydroxyl groups excluding tert-OH is 1. The van der Waals surface area contributed by atoms with E-state index in [4.69, 9.17) is 9.47 Å². The molecule has 30 heavy (non-hydrogen) atoms. The summed E-state index contributed by atoms with van der Waals surface area (Å²) in [7, 11) is 1.50. The Labute approximate surface area is 179 Å². The average Bonchev–Trinajstić information content (AvgIpc) is 3.42. The normalized spacial score (nSPS) is 27.5. The van der Waals surface area contributed by atoms with Crippen LogP contribution in [-0.2, 0) is 20.8 Å². The molecule has 0 aliphatic carbocycles. The number of fused-ring (bicyclic) bond motifs is 3. The largest absolute Gasteiger partial charge is 0.387 e. The SMILES string of the molecule is CNC(=O)[C@]12CO[C@@H](C1O)[C@H](n1cnc3c(NCc4cccc(Br)c4)ncnc31)O2. The van der Waals surface area contributed by atoms with E-state index in [-0.39, 0.29) is 6.61 Å². The Bertz CT molecular complexity index is 1120. The third-order valence-electron chi connectivity index (χ3n) is 5.48. The first-order valence-corrected chi connectivity index (χ1v) is 10.2. The minimum absolute atomic E-state index is 0.00391. The van der Waals surface area contributed by atoms with Crippen LogP contribution in [-0.4, -0.2) is 62.0 Å². The first-order valence-electron chi connectivity index (χ1n) is 9.39. The molecule has 2 saturated heterocycles. The molecule has 3 aromatic rings. The monoisotopic (exact) mass is 474 g/mol. The van der Waals surface area contributed by atoms with Gasteiger partial charge in [-0.25, -0.2) is 15.0 Å². The number of aromatic nitrogens is 4. The molecular weight excluding hydrogens is 456 g/mol. The fourth-order valence-electron chi connectivity index (χ4n) is 3.97. The molecule has 11 heteroatoms. The molecule has 2 bridgehead atoms. The van der Waals surface area contributed by atoms with Gasteiger partial charge in [0.05, 0.1) is 12.9 Å². The number of hydrogen-bond donors (Lipinski definition) is 3. The molecule has 0 radical (unpaired) electrons. The zero-order valence-corrected chi connectivity index (χ0v) is 17.5. The van der Waals surface area contributed by atoms with Crippen molar-refractivity contribution in [1.29, 1.82) is 0 Å². The minimum Gasteiger partial charge on any atom is -0.387 e. The highest BCUT2D eigenvalue weighted by atomic mass is 79.9. The van der Waals surface area contributed by atoms with Crippen LogP contribution in [0, 0.1) is 0 Å². The van der Waals surface area contributed by atoms with E-state index in [0.717, 1.165) is 10.0 Å². The summed E-state index contributed by atoms with van der Waals surface area (Å²) in [5.41, 5.74) is 0.718. The van der Waals surface area contributed by atoms with Gasteiger partial charge in [-0.05, 0) is 17.7 Å². The second-order valence-corrected chi connectivity index (χ2v) is 8.14. The molecule has 1 amide bonds. The molecule has 0 spiro atoms. The van der Waals surface area contributed by atoms with E-state index in [1.807, 2.05) is 24.3 Å². The smallest absolute Gasteiger partial charge is 0.257 e. The van der Waals surface area contributed by atoms with Crippen LogP contribution < -0.4 is 10.6 Å². The number of ether oxygens (including phenoxy) is 2. The Balaban J connectivity index is 1.44. The van der Waals surface area contributed by atoms with E-state index < -0.39 is 29.9 Å². The number of imidazole rings is 1. The maximum absolute atomic E-state index is 12.3. The average molecular weight is 475 g/mol. The Kier molecular flexibility index (Phi) is 4.69. The lowest BCUT2D eigenvalue weighted by atomic mass is 9.98. The van der Waals surface area contributed by atoms with Crippen molar-refractivity contribution < 1.29 is 19.4 Å². The lowest BCUT2D eigenvalue weighted by Gasteiger charge is -2.29. The molecule has 2 aliphatic rings. The zero-order chi connectivity index (χ0) is 20.9. The number of likely N-dealkylation sites (N-methyl/N-ethyl adjacent to an activating group) is 1. The Hall–Kier alpha value is -2.60. The fourth-order valence-corrected chi connectivity index (χ4v) is 4.41. The number of rotatable bonds is 5.